The molecule has 0 radical (unpaired) electrons. The van der Waals surface area contributed by atoms with Gasteiger partial charge in [-0.1, -0.05) is 17.9 Å². The molecule has 106 valence electrons. The van der Waals surface area contributed by atoms with Gasteiger partial charge in [0.1, 0.15) is 6.61 Å². The van der Waals surface area contributed by atoms with Crippen LogP contribution >= 0.6 is 0 Å². The molecule has 0 spiro atoms. The second kappa shape index (κ2) is 7.31. The van der Waals surface area contributed by atoms with Crippen LogP contribution in [0.1, 0.15) is 28.4 Å². The molecule has 0 aliphatic carbocycles. The van der Waals surface area contributed by atoms with E-state index in [9.17, 15) is 9.59 Å². The number of amides is 2. The average molecular weight is 274 g/mol. The predicted molar refractivity (Wildman–Crippen MR) is 75.9 cm³/mol. The number of carbonyl (C=O) groups excluding carboxylic acids is 2. The molecule has 0 saturated heterocycles. The highest BCUT2D eigenvalue weighted by Crippen LogP contribution is 2.12. The molecule has 3 N–H and O–H groups in total. The summed E-state index contributed by atoms with van der Waals surface area (Å²) >= 11 is 0. The fourth-order valence-corrected chi connectivity index (χ4v) is 1.72. The van der Waals surface area contributed by atoms with Crippen LogP contribution in [0, 0.1) is 18.8 Å². The van der Waals surface area contributed by atoms with Gasteiger partial charge in [-0.05, 0) is 31.5 Å². The fraction of sp³-hybridized carbons (Fsp3) is 0.333. The van der Waals surface area contributed by atoms with Gasteiger partial charge in [-0.3, -0.25) is 9.59 Å². The lowest BCUT2D eigenvalue weighted by molar-refractivity contribution is -0.118. The van der Waals surface area contributed by atoms with Gasteiger partial charge < -0.3 is 15.7 Å². The summed E-state index contributed by atoms with van der Waals surface area (Å²) in [5, 5.41) is 8.72. The van der Waals surface area contributed by atoms with E-state index in [1.807, 2.05) is 6.92 Å². The van der Waals surface area contributed by atoms with Crippen LogP contribution in [0.4, 0.5) is 0 Å². The van der Waals surface area contributed by atoms with Crippen molar-refractivity contribution >= 4 is 11.8 Å². The third-order valence-corrected chi connectivity index (χ3v) is 2.80. The van der Waals surface area contributed by atoms with Crippen LogP contribution in [0.15, 0.2) is 18.2 Å². The van der Waals surface area contributed by atoms with Crippen molar-refractivity contribution in [3.63, 3.8) is 0 Å². The Kier molecular flexibility index (Phi) is 5.75. The number of aryl methyl sites for hydroxylation is 1. The maximum atomic E-state index is 12.3. The van der Waals surface area contributed by atoms with E-state index < -0.39 is 5.91 Å². The molecule has 0 fully saturated rings. The first-order valence-corrected chi connectivity index (χ1v) is 6.27. The largest absolute Gasteiger partial charge is 0.384 e. The summed E-state index contributed by atoms with van der Waals surface area (Å²) in [6, 6.07) is 5.13. The van der Waals surface area contributed by atoms with E-state index >= 15 is 0 Å². The van der Waals surface area contributed by atoms with E-state index in [2.05, 4.69) is 11.8 Å². The van der Waals surface area contributed by atoms with E-state index in [1.54, 1.807) is 25.1 Å². The minimum Gasteiger partial charge on any atom is -0.384 e. The standard InChI is InChI=1S/C15H18N2O3/c1-3-17(10-14(16)19)15(20)13-7-6-11(2)12(9-13)5-4-8-18/h6-7,9,18H,3,8,10H2,1-2H3,(H2,16,19). The van der Waals surface area contributed by atoms with Crippen molar-refractivity contribution in [2.24, 2.45) is 5.73 Å². The lowest BCUT2D eigenvalue weighted by atomic mass is 10.0. The Bertz CT molecular complexity index is 570. The molecular formula is C15H18N2O3. The van der Waals surface area contributed by atoms with Crippen molar-refractivity contribution in [2.45, 2.75) is 13.8 Å². The Hall–Kier alpha value is -2.32. The van der Waals surface area contributed by atoms with Crippen molar-refractivity contribution in [3.05, 3.63) is 34.9 Å². The summed E-state index contributed by atoms with van der Waals surface area (Å²) in [5.41, 5.74) is 7.16. The number of hydrogen-bond acceptors (Lipinski definition) is 3. The van der Waals surface area contributed by atoms with Crippen LogP contribution in [0.5, 0.6) is 0 Å². The molecule has 2 amide bonds. The van der Waals surface area contributed by atoms with Gasteiger partial charge in [0.2, 0.25) is 5.91 Å². The number of hydrogen-bond donors (Lipinski definition) is 2. The maximum Gasteiger partial charge on any atom is 0.254 e. The number of benzene rings is 1. The SMILES string of the molecule is CCN(CC(N)=O)C(=O)c1ccc(C)c(C#CCO)c1. The molecule has 0 saturated carbocycles. The molecule has 1 aromatic rings. The molecule has 0 aromatic heterocycles. The summed E-state index contributed by atoms with van der Waals surface area (Å²) in [6.07, 6.45) is 0. The third kappa shape index (κ3) is 4.11. The Labute approximate surface area is 118 Å². The van der Waals surface area contributed by atoms with Gasteiger partial charge in [-0.15, -0.1) is 0 Å². The van der Waals surface area contributed by atoms with Gasteiger partial charge in [-0.25, -0.2) is 0 Å². The van der Waals surface area contributed by atoms with Crippen LogP contribution in [0.3, 0.4) is 0 Å². The fourth-order valence-electron chi connectivity index (χ4n) is 1.72. The molecule has 20 heavy (non-hydrogen) atoms. The average Bonchev–Trinajstić information content (AvgIpc) is 2.43. The van der Waals surface area contributed by atoms with Crippen LogP contribution < -0.4 is 5.73 Å². The lowest BCUT2D eigenvalue weighted by Crippen LogP contribution is -2.38. The van der Waals surface area contributed by atoms with Gasteiger partial charge in [0.25, 0.3) is 5.91 Å². The van der Waals surface area contributed by atoms with E-state index in [0.29, 0.717) is 17.7 Å². The zero-order valence-corrected chi connectivity index (χ0v) is 11.6. The van der Waals surface area contributed by atoms with E-state index in [-0.39, 0.29) is 19.1 Å². The smallest absolute Gasteiger partial charge is 0.254 e. The molecule has 5 heteroatoms. The number of rotatable bonds is 4. The van der Waals surface area contributed by atoms with Crippen LogP contribution in [0.25, 0.3) is 0 Å². The number of likely N-dealkylation sites (N-methyl/N-ethyl adjacent to an activating group) is 1. The van der Waals surface area contributed by atoms with Gasteiger partial charge >= 0.3 is 0 Å². The number of aliphatic hydroxyl groups is 1. The Balaban J connectivity index is 3.06. The summed E-state index contributed by atoms with van der Waals surface area (Å²) < 4.78 is 0. The van der Waals surface area contributed by atoms with Crippen molar-refractivity contribution in [2.75, 3.05) is 19.7 Å². The molecule has 1 rings (SSSR count). The van der Waals surface area contributed by atoms with Crippen LogP contribution in [-0.2, 0) is 4.79 Å². The lowest BCUT2D eigenvalue weighted by Gasteiger charge is -2.19. The Morgan fingerprint density at radius 2 is 2.10 bits per heavy atom. The second-order valence-corrected chi connectivity index (χ2v) is 4.28. The first-order chi connectivity index (χ1) is 9.49. The summed E-state index contributed by atoms with van der Waals surface area (Å²) in [4.78, 5) is 24.6. The molecule has 0 bridgehead atoms. The third-order valence-electron chi connectivity index (χ3n) is 2.80. The Morgan fingerprint density at radius 3 is 2.65 bits per heavy atom. The van der Waals surface area contributed by atoms with Gasteiger partial charge in [0.15, 0.2) is 0 Å². The molecule has 0 heterocycles. The zero-order valence-electron chi connectivity index (χ0n) is 11.6. The Morgan fingerprint density at radius 1 is 1.40 bits per heavy atom. The first kappa shape index (κ1) is 15.7. The molecule has 1 aromatic carbocycles. The van der Waals surface area contributed by atoms with Gasteiger partial charge in [0.05, 0.1) is 6.54 Å². The van der Waals surface area contributed by atoms with Gasteiger partial charge in [-0.2, -0.15) is 0 Å². The highest BCUT2D eigenvalue weighted by molar-refractivity contribution is 5.96. The number of primary amides is 1. The maximum absolute atomic E-state index is 12.3. The summed E-state index contributed by atoms with van der Waals surface area (Å²) in [5.74, 6) is 4.53. The molecule has 5 nitrogen and oxygen atoms in total. The molecule has 0 atom stereocenters. The van der Waals surface area contributed by atoms with E-state index in [0.717, 1.165) is 5.56 Å². The normalized spacial score (nSPS) is 9.55. The number of carbonyl (C=O) groups is 2. The minimum absolute atomic E-state index is 0.110. The molecular weight excluding hydrogens is 256 g/mol. The van der Waals surface area contributed by atoms with E-state index in [1.165, 1.54) is 4.90 Å². The topological polar surface area (TPSA) is 83.6 Å². The second-order valence-electron chi connectivity index (χ2n) is 4.28. The van der Waals surface area contributed by atoms with Crippen molar-refractivity contribution in [1.82, 2.24) is 4.90 Å². The van der Waals surface area contributed by atoms with Crippen molar-refractivity contribution in [3.8, 4) is 11.8 Å². The van der Waals surface area contributed by atoms with Crippen LogP contribution in [0.2, 0.25) is 0 Å². The first-order valence-electron chi connectivity index (χ1n) is 6.27. The van der Waals surface area contributed by atoms with Crippen molar-refractivity contribution < 1.29 is 14.7 Å². The van der Waals surface area contributed by atoms with Crippen molar-refractivity contribution in [1.29, 1.82) is 0 Å². The summed E-state index contributed by atoms with van der Waals surface area (Å²) in [6.45, 7) is 3.70. The minimum atomic E-state index is -0.549. The predicted octanol–water partition coefficient (Wildman–Crippen LogP) is 0.286. The zero-order chi connectivity index (χ0) is 15.1. The monoisotopic (exact) mass is 274 g/mol. The molecule has 0 unspecified atom stereocenters. The molecule has 0 aliphatic rings. The highest BCUT2D eigenvalue weighted by Gasteiger charge is 2.16. The van der Waals surface area contributed by atoms with E-state index in [4.69, 9.17) is 10.8 Å². The number of aliphatic hydroxyl groups excluding tert-OH is 1. The van der Waals surface area contributed by atoms with Crippen LogP contribution in [-0.4, -0.2) is 41.5 Å². The molecule has 0 aliphatic heterocycles. The number of nitrogens with zero attached hydrogens (tertiary/aromatic N) is 1. The number of nitrogens with two attached hydrogens (primary N) is 1. The quantitative estimate of drug-likeness (QED) is 0.774. The van der Waals surface area contributed by atoms with Gasteiger partial charge in [0, 0.05) is 17.7 Å². The summed E-state index contributed by atoms with van der Waals surface area (Å²) in [7, 11) is 0. The highest BCUT2D eigenvalue weighted by atomic mass is 16.2.